The summed E-state index contributed by atoms with van der Waals surface area (Å²) in [7, 11) is 0. The zero-order valence-corrected chi connectivity index (χ0v) is 11.7. The van der Waals surface area contributed by atoms with Crippen LogP contribution in [0, 0.1) is 0 Å². The van der Waals surface area contributed by atoms with Gasteiger partial charge in [0.25, 0.3) is 0 Å². The Balaban J connectivity index is 0.00000147. The Kier molecular flexibility index (Phi) is 4.42. The number of nitrogens with one attached hydrogen (secondary N) is 1. The standard InChI is InChI=1S/C16H15NO2.ClH/c18-16(19)13-7-5-12(6-8-13)15-14-4-2-1-3-11(14)9-10-17-15;/h1-8,15,17H,9-10H2,(H,18,19);1H. The van der Waals surface area contributed by atoms with Crippen LogP contribution in [0.2, 0.25) is 0 Å². The molecule has 104 valence electrons. The van der Waals surface area contributed by atoms with Crippen LogP contribution in [0.1, 0.15) is 33.1 Å². The molecule has 0 aliphatic carbocycles. The fraction of sp³-hybridized carbons (Fsp3) is 0.188. The highest BCUT2D eigenvalue weighted by Gasteiger charge is 2.20. The van der Waals surface area contributed by atoms with Crippen molar-refractivity contribution in [3.8, 4) is 0 Å². The molecule has 0 bridgehead atoms. The average molecular weight is 290 g/mol. The second kappa shape index (κ2) is 6.07. The molecule has 0 radical (unpaired) electrons. The van der Waals surface area contributed by atoms with E-state index in [1.165, 1.54) is 11.1 Å². The lowest BCUT2D eigenvalue weighted by Crippen LogP contribution is -2.30. The largest absolute Gasteiger partial charge is 0.478 e. The summed E-state index contributed by atoms with van der Waals surface area (Å²) in [6, 6.07) is 15.7. The van der Waals surface area contributed by atoms with Crippen molar-refractivity contribution >= 4 is 18.4 Å². The third-order valence-corrected chi connectivity index (χ3v) is 3.60. The van der Waals surface area contributed by atoms with Crippen LogP contribution in [-0.4, -0.2) is 17.6 Å². The molecule has 2 N–H and O–H groups in total. The summed E-state index contributed by atoms with van der Waals surface area (Å²) in [5.41, 5.74) is 4.09. The van der Waals surface area contributed by atoms with Crippen LogP contribution in [0.5, 0.6) is 0 Å². The van der Waals surface area contributed by atoms with Gasteiger partial charge >= 0.3 is 5.97 Å². The van der Waals surface area contributed by atoms with Gasteiger partial charge in [0.05, 0.1) is 11.6 Å². The van der Waals surface area contributed by atoms with Gasteiger partial charge in [0.1, 0.15) is 0 Å². The van der Waals surface area contributed by atoms with Crippen molar-refractivity contribution in [2.45, 2.75) is 12.5 Å². The molecule has 3 rings (SSSR count). The van der Waals surface area contributed by atoms with E-state index in [-0.39, 0.29) is 18.4 Å². The Morgan fingerprint density at radius 2 is 1.80 bits per heavy atom. The molecular weight excluding hydrogens is 274 g/mol. The lowest BCUT2D eigenvalue weighted by molar-refractivity contribution is 0.0697. The Hall–Kier alpha value is -1.84. The van der Waals surface area contributed by atoms with Crippen molar-refractivity contribution in [2.24, 2.45) is 0 Å². The minimum atomic E-state index is -0.886. The molecule has 1 unspecified atom stereocenters. The van der Waals surface area contributed by atoms with Gasteiger partial charge in [-0.15, -0.1) is 12.4 Å². The van der Waals surface area contributed by atoms with Gasteiger partial charge < -0.3 is 10.4 Å². The predicted molar refractivity (Wildman–Crippen MR) is 80.6 cm³/mol. The second-order valence-electron chi connectivity index (χ2n) is 4.76. The first-order chi connectivity index (χ1) is 9.25. The Morgan fingerprint density at radius 1 is 1.10 bits per heavy atom. The number of benzene rings is 2. The number of carboxylic acids is 1. The van der Waals surface area contributed by atoms with E-state index < -0.39 is 5.97 Å². The summed E-state index contributed by atoms with van der Waals surface area (Å²) in [5.74, 6) is -0.886. The highest BCUT2D eigenvalue weighted by molar-refractivity contribution is 5.87. The zero-order chi connectivity index (χ0) is 13.2. The Bertz CT molecular complexity index is 610. The van der Waals surface area contributed by atoms with Crippen LogP contribution in [0.3, 0.4) is 0 Å². The zero-order valence-electron chi connectivity index (χ0n) is 10.9. The predicted octanol–water partition coefficient (Wildman–Crippen LogP) is 3.04. The van der Waals surface area contributed by atoms with Crippen LogP contribution in [0.15, 0.2) is 48.5 Å². The van der Waals surface area contributed by atoms with Gasteiger partial charge in [0, 0.05) is 6.54 Å². The number of halogens is 1. The molecule has 1 atom stereocenters. The van der Waals surface area contributed by atoms with E-state index in [2.05, 4.69) is 23.5 Å². The van der Waals surface area contributed by atoms with Crippen LogP contribution in [0.4, 0.5) is 0 Å². The average Bonchev–Trinajstić information content (AvgIpc) is 2.47. The monoisotopic (exact) mass is 289 g/mol. The maximum Gasteiger partial charge on any atom is 0.335 e. The first-order valence-corrected chi connectivity index (χ1v) is 6.40. The van der Waals surface area contributed by atoms with Gasteiger partial charge in [0.15, 0.2) is 0 Å². The van der Waals surface area contributed by atoms with E-state index in [9.17, 15) is 4.79 Å². The third kappa shape index (κ3) is 2.69. The summed E-state index contributed by atoms with van der Waals surface area (Å²) in [6.45, 7) is 0.947. The molecular formula is C16H16ClNO2. The summed E-state index contributed by atoms with van der Waals surface area (Å²) in [5, 5.41) is 12.4. The van der Waals surface area contributed by atoms with E-state index in [0.29, 0.717) is 5.56 Å². The van der Waals surface area contributed by atoms with E-state index in [1.54, 1.807) is 12.1 Å². The number of hydrogen-bond acceptors (Lipinski definition) is 2. The fourth-order valence-corrected chi connectivity index (χ4v) is 2.62. The molecule has 0 saturated heterocycles. The topological polar surface area (TPSA) is 49.3 Å². The highest BCUT2D eigenvalue weighted by atomic mass is 35.5. The molecule has 1 aliphatic heterocycles. The van der Waals surface area contributed by atoms with Crippen molar-refractivity contribution in [2.75, 3.05) is 6.54 Å². The van der Waals surface area contributed by atoms with Gasteiger partial charge in [-0.05, 0) is 35.2 Å². The molecule has 1 heterocycles. The SMILES string of the molecule is Cl.O=C(O)c1ccc(C2NCCc3ccccc32)cc1. The van der Waals surface area contributed by atoms with E-state index >= 15 is 0 Å². The molecule has 0 aromatic heterocycles. The van der Waals surface area contributed by atoms with Crippen LogP contribution in [0.25, 0.3) is 0 Å². The quantitative estimate of drug-likeness (QED) is 0.893. The fourth-order valence-electron chi connectivity index (χ4n) is 2.62. The normalized spacial score (nSPS) is 16.9. The van der Waals surface area contributed by atoms with Crippen molar-refractivity contribution in [1.29, 1.82) is 0 Å². The van der Waals surface area contributed by atoms with Gasteiger partial charge in [-0.25, -0.2) is 4.79 Å². The summed E-state index contributed by atoms with van der Waals surface area (Å²) >= 11 is 0. The summed E-state index contributed by atoms with van der Waals surface area (Å²) in [4.78, 5) is 10.9. The van der Waals surface area contributed by atoms with E-state index in [4.69, 9.17) is 5.11 Å². The van der Waals surface area contributed by atoms with E-state index in [0.717, 1.165) is 18.5 Å². The second-order valence-corrected chi connectivity index (χ2v) is 4.76. The molecule has 20 heavy (non-hydrogen) atoms. The number of carbonyl (C=O) groups is 1. The number of rotatable bonds is 2. The van der Waals surface area contributed by atoms with Crippen LogP contribution in [-0.2, 0) is 6.42 Å². The third-order valence-electron chi connectivity index (χ3n) is 3.60. The number of hydrogen-bond donors (Lipinski definition) is 2. The molecule has 0 saturated carbocycles. The number of fused-ring (bicyclic) bond motifs is 1. The molecule has 2 aromatic carbocycles. The minimum absolute atomic E-state index is 0. The first-order valence-electron chi connectivity index (χ1n) is 6.40. The van der Waals surface area contributed by atoms with Crippen molar-refractivity contribution in [1.82, 2.24) is 5.32 Å². The van der Waals surface area contributed by atoms with Gasteiger partial charge in [-0.2, -0.15) is 0 Å². The lowest BCUT2D eigenvalue weighted by Gasteiger charge is -2.27. The van der Waals surface area contributed by atoms with Crippen molar-refractivity contribution in [3.63, 3.8) is 0 Å². The maximum atomic E-state index is 10.9. The number of aromatic carboxylic acids is 1. The van der Waals surface area contributed by atoms with Gasteiger partial charge in [-0.1, -0.05) is 36.4 Å². The smallest absolute Gasteiger partial charge is 0.335 e. The summed E-state index contributed by atoms with van der Waals surface area (Å²) < 4.78 is 0. The maximum absolute atomic E-state index is 10.9. The molecule has 0 spiro atoms. The molecule has 4 heteroatoms. The molecule has 1 aliphatic rings. The molecule has 3 nitrogen and oxygen atoms in total. The lowest BCUT2D eigenvalue weighted by atomic mass is 9.90. The summed E-state index contributed by atoms with van der Waals surface area (Å²) in [6.07, 6.45) is 1.04. The first kappa shape index (κ1) is 14.6. The van der Waals surface area contributed by atoms with Gasteiger partial charge in [-0.3, -0.25) is 0 Å². The van der Waals surface area contributed by atoms with Crippen LogP contribution >= 0.6 is 12.4 Å². The van der Waals surface area contributed by atoms with E-state index in [1.807, 2.05) is 18.2 Å². The van der Waals surface area contributed by atoms with Crippen molar-refractivity contribution < 1.29 is 9.90 Å². The number of carboxylic acid groups (broad SMARTS) is 1. The molecule has 0 amide bonds. The van der Waals surface area contributed by atoms with Gasteiger partial charge in [0.2, 0.25) is 0 Å². The molecule has 2 aromatic rings. The Labute approximate surface area is 124 Å². The Morgan fingerprint density at radius 3 is 2.50 bits per heavy atom. The van der Waals surface area contributed by atoms with Crippen molar-refractivity contribution in [3.05, 3.63) is 70.8 Å². The minimum Gasteiger partial charge on any atom is -0.478 e. The highest BCUT2D eigenvalue weighted by Crippen LogP contribution is 2.28. The van der Waals surface area contributed by atoms with Crippen LogP contribution < -0.4 is 5.32 Å². The molecule has 0 fully saturated rings.